The van der Waals surface area contributed by atoms with Crippen LogP contribution in [0, 0.1) is 0 Å². The van der Waals surface area contributed by atoms with Gasteiger partial charge in [0.1, 0.15) is 0 Å². The van der Waals surface area contributed by atoms with E-state index in [2.05, 4.69) is 9.82 Å². The average molecular weight is 340 g/mol. The molecule has 2 aromatic heterocycles. The highest BCUT2D eigenvalue weighted by Crippen LogP contribution is 2.22. The number of amides is 1. The molecule has 0 saturated heterocycles. The van der Waals surface area contributed by atoms with Gasteiger partial charge in [-0.3, -0.25) is 9.48 Å². The molecule has 1 aliphatic rings. The van der Waals surface area contributed by atoms with Crippen LogP contribution in [0.2, 0.25) is 0 Å². The van der Waals surface area contributed by atoms with E-state index in [4.69, 9.17) is 0 Å². The molecule has 0 aromatic carbocycles. The second kappa shape index (κ2) is 5.82. The maximum Gasteiger partial charge on any atom is 0.255 e. The predicted molar refractivity (Wildman–Crippen MR) is 83.2 cm³/mol. The van der Waals surface area contributed by atoms with E-state index in [9.17, 15) is 13.2 Å². The molecule has 1 unspecified atom stereocenters. The van der Waals surface area contributed by atoms with Gasteiger partial charge < -0.3 is 4.90 Å². The summed E-state index contributed by atoms with van der Waals surface area (Å²) < 4.78 is 26.9. The molecule has 0 aliphatic carbocycles. The number of carbonyl (C=O) groups excluding carboxylic acids is 1. The molecular formula is C13H16N4O3S2. The van der Waals surface area contributed by atoms with E-state index >= 15 is 0 Å². The normalized spacial score (nSPS) is 18.2. The van der Waals surface area contributed by atoms with Gasteiger partial charge in [-0.15, -0.1) is 0 Å². The second-order valence-corrected chi connectivity index (χ2v) is 7.85. The molecule has 0 bridgehead atoms. The molecule has 2 aromatic rings. The van der Waals surface area contributed by atoms with Crippen LogP contribution in [0.4, 0.5) is 0 Å². The van der Waals surface area contributed by atoms with E-state index in [1.54, 1.807) is 21.8 Å². The predicted octanol–water partition coefficient (Wildman–Crippen LogP) is 0.691. The van der Waals surface area contributed by atoms with Gasteiger partial charge in [-0.05, 0) is 17.5 Å². The monoisotopic (exact) mass is 340 g/mol. The first-order chi connectivity index (χ1) is 10.4. The number of rotatable bonds is 4. The van der Waals surface area contributed by atoms with E-state index in [1.807, 2.05) is 16.8 Å². The summed E-state index contributed by atoms with van der Waals surface area (Å²) in [6.45, 7) is 1.11. The summed E-state index contributed by atoms with van der Waals surface area (Å²) in [7, 11) is -3.28. The molecule has 1 aliphatic heterocycles. The molecule has 22 heavy (non-hydrogen) atoms. The number of fused-ring (bicyclic) bond motifs is 1. The van der Waals surface area contributed by atoms with Crippen molar-refractivity contribution in [3.8, 4) is 0 Å². The van der Waals surface area contributed by atoms with Crippen LogP contribution in [-0.2, 0) is 16.6 Å². The maximum atomic E-state index is 12.5. The van der Waals surface area contributed by atoms with Gasteiger partial charge in [0.05, 0.1) is 30.1 Å². The number of carbonyl (C=O) groups is 1. The highest BCUT2D eigenvalue weighted by atomic mass is 32.2. The minimum absolute atomic E-state index is 0.0435. The van der Waals surface area contributed by atoms with Crippen LogP contribution in [0.1, 0.15) is 22.1 Å². The number of hydrogen-bond donors (Lipinski definition) is 1. The number of sulfonamides is 1. The van der Waals surface area contributed by atoms with E-state index in [1.165, 1.54) is 11.3 Å². The SMILES string of the molecule is CS(=O)(=O)NCC1CN(C(=O)c2ccsc2)Cc2ccnn21. The van der Waals surface area contributed by atoms with Crippen LogP contribution in [0.25, 0.3) is 0 Å². The lowest BCUT2D eigenvalue weighted by molar-refractivity contribution is 0.0672. The summed E-state index contributed by atoms with van der Waals surface area (Å²) in [6.07, 6.45) is 2.79. The topological polar surface area (TPSA) is 84.3 Å². The third kappa shape index (κ3) is 3.21. The first kappa shape index (κ1) is 15.2. The Morgan fingerprint density at radius 1 is 1.50 bits per heavy atom. The van der Waals surface area contributed by atoms with Gasteiger partial charge in [-0.25, -0.2) is 13.1 Å². The molecule has 0 saturated carbocycles. The highest BCUT2D eigenvalue weighted by Gasteiger charge is 2.29. The quantitative estimate of drug-likeness (QED) is 0.887. The number of aromatic nitrogens is 2. The lowest BCUT2D eigenvalue weighted by atomic mass is 10.1. The summed E-state index contributed by atoms with van der Waals surface area (Å²) >= 11 is 1.48. The van der Waals surface area contributed by atoms with Crippen molar-refractivity contribution in [2.75, 3.05) is 19.3 Å². The van der Waals surface area contributed by atoms with Gasteiger partial charge in [0.15, 0.2) is 0 Å². The van der Waals surface area contributed by atoms with Crippen LogP contribution in [0.15, 0.2) is 29.1 Å². The Kier molecular flexibility index (Phi) is 4.02. The third-order valence-corrected chi connectivity index (χ3v) is 4.89. The van der Waals surface area contributed by atoms with E-state index in [-0.39, 0.29) is 18.5 Å². The average Bonchev–Trinajstić information content (AvgIpc) is 3.13. The lowest BCUT2D eigenvalue weighted by Gasteiger charge is -2.33. The first-order valence-electron chi connectivity index (χ1n) is 6.72. The first-order valence-corrected chi connectivity index (χ1v) is 9.56. The maximum absolute atomic E-state index is 12.5. The van der Waals surface area contributed by atoms with E-state index in [0.29, 0.717) is 18.7 Å². The van der Waals surface area contributed by atoms with Crippen LogP contribution in [-0.4, -0.2) is 48.4 Å². The zero-order chi connectivity index (χ0) is 15.7. The van der Waals surface area contributed by atoms with E-state index in [0.717, 1.165) is 11.9 Å². The summed E-state index contributed by atoms with van der Waals surface area (Å²) in [4.78, 5) is 14.2. The summed E-state index contributed by atoms with van der Waals surface area (Å²) in [5.74, 6) is -0.0435. The van der Waals surface area contributed by atoms with Gasteiger partial charge in [0.25, 0.3) is 5.91 Å². The molecule has 1 atom stereocenters. The van der Waals surface area contributed by atoms with Crippen molar-refractivity contribution >= 4 is 27.3 Å². The zero-order valence-electron chi connectivity index (χ0n) is 12.0. The van der Waals surface area contributed by atoms with E-state index < -0.39 is 10.0 Å². The minimum Gasteiger partial charge on any atom is -0.331 e. The Morgan fingerprint density at radius 3 is 3.00 bits per heavy atom. The number of thiophene rings is 1. The highest BCUT2D eigenvalue weighted by molar-refractivity contribution is 7.88. The minimum atomic E-state index is -3.28. The number of nitrogens with one attached hydrogen (secondary N) is 1. The Morgan fingerprint density at radius 2 is 2.32 bits per heavy atom. The molecule has 118 valence electrons. The van der Waals surface area contributed by atoms with Crippen molar-refractivity contribution in [3.05, 3.63) is 40.3 Å². The fourth-order valence-electron chi connectivity index (χ4n) is 2.51. The molecule has 0 fully saturated rings. The van der Waals surface area contributed by atoms with Crippen molar-refractivity contribution in [1.82, 2.24) is 19.4 Å². The zero-order valence-corrected chi connectivity index (χ0v) is 13.6. The standard InChI is InChI=1S/C13H16N4O3S2/c1-22(19,20)15-6-12-8-16(7-11-2-4-14-17(11)12)13(18)10-3-5-21-9-10/h2-5,9,12,15H,6-8H2,1H3. The van der Waals surface area contributed by atoms with Crippen molar-refractivity contribution in [3.63, 3.8) is 0 Å². The summed E-state index contributed by atoms with van der Waals surface area (Å²) in [6, 6.07) is 3.43. The molecule has 1 amide bonds. The van der Waals surface area contributed by atoms with Gasteiger partial charge in [-0.2, -0.15) is 16.4 Å². The Bertz CT molecular complexity index is 767. The lowest BCUT2D eigenvalue weighted by Crippen LogP contribution is -2.45. The molecule has 7 nitrogen and oxygen atoms in total. The Hall–Kier alpha value is -1.71. The van der Waals surface area contributed by atoms with Crippen molar-refractivity contribution in [1.29, 1.82) is 0 Å². The Labute approximate surface area is 132 Å². The number of nitrogens with zero attached hydrogens (tertiary/aromatic N) is 3. The van der Waals surface area contributed by atoms with Crippen molar-refractivity contribution < 1.29 is 13.2 Å². The number of hydrogen-bond acceptors (Lipinski definition) is 5. The smallest absolute Gasteiger partial charge is 0.255 e. The van der Waals surface area contributed by atoms with Crippen LogP contribution >= 0.6 is 11.3 Å². The van der Waals surface area contributed by atoms with Crippen LogP contribution in [0.3, 0.4) is 0 Å². The Balaban J connectivity index is 1.81. The molecule has 0 radical (unpaired) electrons. The van der Waals surface area contributed by atoms with Crippen molar-refractivity contribution in [2.45, 2.75) is 12.6 Å². The third-order valence-electron chi connectivity index (χ3n) is 3.52. The van der Waals surface area contributed by atoms with Crippen LogP contribution in [0.5, 0.6) is 0 Å². The fourth-order valence-corrected chi connectivity index (χ4v) is 3.63. The van der Waals surface area contributed by atoms with Gasteiger partial charge in [0.2, 0.25) is 10.0 Å². The molecule has 9 heteroatoms. The molecule has 0 spiro atoms. The van der Waals surface area contributed by atoms with Gasteiger partial charge >= 0.3 is 0 Å². The summed E-state index contributed by atoms with van der Waals surface area (Å²) in [5, 5.41) is 7.92. The summed E-state index contributed by atoms with van der Waals surface area (Å²) in [5.41, 5.74) is 1.56. The second-order valence-electron chi connectivity index (χ2n) is 5.24. The van der Waals surface area contributed by atoms with Gasteiger partial charge in [0, 0.05) is 24.7 Å². The van der Waals surface area contributed by atoms with Crippen LogP contribution < -0.4 is 4.72 Å². The molecule has 3 heterocycles. The van der Waals surface area contributed by atoms with Gasteiger partial charge in [-0.1, -0.05) is 0 Å². The molecule has 3 rings (SSSR count). The molecular weight excluding hydrogens is 324 g/mol. The van der Waals surface area contributed by atoms with Crippen molar-refractivity contribution in [2.24, 2.45) is 0 Å². The fraction of sp³-hybridized carbons (Fsp3) is 0.385. The molecule has 1 N–H and O–H groups in total. The largest absolute Gasteiger partial charge is 0.331 e.